The fourth-order valence-corrected chi connectivity index (χ4v) is 8.50. The van der Waals surface area contributed by atoms with Gasteiger partial charge in [-0.25, -0.2) is 4.79 Å². The molecule has 5 amide bonds. The summed E-state index contributed by atoms with van der Waals surface area (Å²) in [6.07, 6.45) is 1.01. The number of ether oxygens (including phenoxy) is 1. The summed E-state index contributed by atoms with van der Waals surface area (Å²) in [4.78, 5) is 69.9. The van der Waals surface area contributed by atoms with Crippen molar-refractivity contribution in [2.45, 2.75) is 31.1 Å². The second kappa shape index (κ2) is 10.9. The molecule has 0 spiro atoms. The Bertz CT molecular complexity index is 1840. The standard InChI is InChI=1S/C35H30BrN3O7/c1-18-8-11-21(12-9-18)37-39-31(42)26-17-24-22(13-14-23-28(24)32(43)38(30(23)41)34(45)46-2)29(25-16-20(36)10-15-27(25)40)35(26,33(39)44)19-6-4-3-5-7-19/h3-13,15-16,23-24,26,28-29,37,40H,14,17H2,1-2H3. The Kier molecular flexibility index (Phi) is 7.11. The molecule has 0 radical (unpaired) electrons. The highest BCUT2D eigenvalue weighted by atomic mass is 79.9. The van der Waals surface area contributed by atoms with Gasteiger partial charge in [-0.05, 0) is 61.6 Å². The van der Waals surface area contributed by atoms with Crippen LogP contribution in [0.25, 0.3) is 0 Å². The number of amides is 5. The van der Waals surface area contributed by atoms with E-state index in [0.717, 1.165) is 17.7 Å². The number of likely N-dealkylation sites (tertiary alicyclic amines) is 1. The number of allylic oxidation sites excluding steroid dienone is 2. The van der Waals surface area contributed by atoms with Gasteiger partial charge in [-0.15, -0.1) is 0 Å². The Morgan fingerprint density at radius 1 is 0.957 bits per heavy atom. The molecule has 11 heteroatoms. The van der Waals surface area contributed by atoms with Crippen LogP contribution in [0.3, 0.4) is 0 Å². The van der Waals surface area contributed by atoms with E-state index in [9.17, 15) is 24.3 Å². The molecule has 10 nitrogen and oxygen atoms in total. The number of hydrogen-bond acceptors (Lipinski definition) is 8. The first-order valence-electron chi connectivity index (χ1n) is 15.0. The van der Waals surface area contributed by atoms with Crippen LogP contribution in [0.1, 0.15) is 35.4 Å². The molecule has 2 saturated heterocycles. The molecule has 0 bridgehead atoms. The molecular formula is C35H30BrN3O7. The number of phenols is 1. The zero-order valence-corrected chi connectivity index (χ0v) is 26.6. The summed E-state index contributed by atoms with van der Waals surface area (Å²) in [5, 5.41) is 12.5. The van der Waals surface area contributed by atoms with E-state index in [0.29, 0.717) is 31.8 Å². The molecule has 234 valence electrons. The third-order valence-electron chi connectivity index (χ3n) is 10.1. The van der Waals surface area contributed by atoms with Gasteiger partial charge in [-0.1, -0.05) is 75.6 Å². The van der Waals surface area contributed by atoms with E-state index in [-0.39, 0.29) is 18.6 Å². The van der Waals surface area contributed by atoms with Gasteiger partial charge in [0.25, 0.3) is 11.8 Å². The number of fused-ring (bicyclic) bond motifs is 4. The SMILES string of the molecule is COC(=O)N1C(=O)C2CC=C3C(CC4C(=O)N(Nc5ccc(C)cc5)C(=O)C4(c4ccccc4)C3c3cc(Br)ccc3O)C2C1=O. The van der Waals surface area contributed by atoms with Crippen LogP contribution >= 0.6 is 15.9 Å². The van der Waals surface area contributed by atoms with Crippen LogP contribution in [0.4, 0.5) is 10.5 Å². The molecule has 2 N–H and O–H groups in total. The van der Waals surface area contributed by atoms with Gasteiger partial charge < -0.3 is 9.84 Å². The van der Waals surface area contributed by atoms with Crippen LogP contribution in [0.2, 0.25) is 0 Å². The first-order chi connectivity index (χ1) is 22.1. The predicted molar refractivity (Wildman–Crippen MR) is 169 cm³/mol. The fraction of sp³-hybridized carbons (Fsp3) is 0.286. The topological polar surface area (TPSA) is 133 Å². The van der Waals surface area contributed by atoms with Gasteiger partial charge in [-0.3, -0.25) is 24.6 Å². The molecule has 1 saturated carbocycles. The number of carbonyl (C=O) groups excluding carboxylic acids is 5. The summed E-state index contributed by atoms with van der Waals surface area (Å²) in [5.74, 6) is -6.72. The number of methoxy groups -OCH3 is 1. The van der Waals surface area contributed by atoms with E-state index in [1.165, 1.54) is 6.07 Å². The number of phenolic OH excluding ortho intramolecular Hbond substituents is 1. The van der Waals surface area contributed by atoms with Crippen molar-refractivity contribution in [1.29, 1.82) is 0 Å². The summed E-state index contributed by atoms with van der Waals surface area (Å²) >= 11 is 3.52. The third-order valence-corrected chi connectivity index (χ3v) is 10.5. The van der Waals surface area contributed by atoms with Crippen molar-refractivity contribution in [1.82, 2.24) is 9.91 Å². The monoisotopic (exact) mass is 683 g/mol. The van der Waals surface area contributed by atoms with Gasteiger partial charge in [0.2, 0.25) is 11.8 Å². The Morgan fingerprint density at radius 2 is 1.67 bits per heavy atom. The molecule has 4 aliphatic rings. The summed E-state index contributed by atoms with van der Waals surface area (Å²) < 4.78 is 5.41. The maximum Gasteiger partial charge on any atom is 0.423 e. The number of rotatable bonds is 4. The van der Waals surface area contributed by atoms with Crippen LogP contribution in [-0.4, -0.2) is 51.8 Å². The maximum absolute atomic E-state index is 15.1. The number of benzene rings is 3. The third kappa shape index (κ3) is 4.17. The van der Waals surface area contributed by atoms with E-state index >= 15 is 4.79 Å². The molecule has 3 aromatic rings. The average molecular weight is 685 g/mol. The number of aromatic hydroxyl groups is 1. The fourth-order valence-electron chi connectivity index (χ4n) is 8.12. The first-order valence-corrected chi connectivity index (χ1v) is 15.8. The van der Waals surface area contributed by atoms with Crippen LogP contribution in [0, 0.1) is 30.6 Å². The highest BCUT2D eigenvalue weighted by molar-refractivity contribution is 9.10. The van der Waals surface area contributed by atoms with Crippen LogP contribution < -0.4 is 5.43 Å². The smallest absolute Gasteiger partial charge is 0.423 e. The Morgan fingerprint density at radius 3 is 2.37 bits per heavy atom. The van der Waals surface area contributed by atoms with Crippen molar-refractivity contribution < 1.29 is 33.8 Å². The molecule has 6 unspecified atom stereocenters. The van der Waals surface area contributed by atoms with Crippen molar-refractivity contribution in [2.75, 3.05) is 12.5 Å². The van der Waals surface area contributed by atoms with Gasteiger partial charge in [0.05, 0.1) is 36.0 Å². The molecule has 6 atom stereocenters. The molecule has 3 aromatic carbocycles. The lowest BCUT2D eigenvalue weighted by atomic mass is 9.49. The van der Waals surface area contributed by atoms with E-state index < -0.39 is 64.7 Å². The molecular weight excluding hydrogens is 654 g/mol. The summed E-state index contributed by atoms with van der Waals surface area (Å²) in [6, 6.07) is 21.3. The normalized spacial score (nSPS) is 28.4. The highest BCUT2D eigenvalue weighted by Crippen LogP contribution is 2.65. The Hall–Kier alpha value is -4.77. The lowest BCUT2D eigenvalue weighted by molar-refractivity contribution is -0.140. The summed E-state index contributed by atoms with van der Waals surface area (Å²) in [7, 11) is 1.11. The lowest BCUT2D eigenvalue weighted by Crippen LogP contribution is -2.53. The van der Waals surface area contributed by atoms with Crippen LogP contribution in [-0.2, 0) is 29.3 Å². The van der Waals surface area contributed by atoms with E-state index in [2.05, 4.69) is 21.4 Å². The van der Waals surface area contributed by atoms with Gasteiger partial charge in [0.15, 0.2) is 0 Å². The van der Waals surface area contributed by atoms with Crippen molar-refractivity contribution >= 4 is 51.3 Å². The number of hydrazine groups is 1. The summed E-state index contributed by atoms with van der Waals surface area (Å²) in [5.41, 5.74) is 4.73. The van der Waals surface area contributed by atoms with E-state index in [1.54, 1.807) is 36.4 Å². The second-order valence-electron chi connectivity index (χ2n) is 12.3. The van der Waals surface area contributed by atoms with Crippen LogP contribution in [0.5, 0.6) is 5.75 Å². The number of halogens is 1. The number of carbonyl (C=O) groups is 5. The quantitative estimate of drug-likeness (QED) is 0.283. The van der Waals surface area contributed by atoms with Gasteiger partial charge in [0, 0.05) is 16.0 Å². The number of aryl methyl sites for hydroxylation is 1. The number of nitrogens with one attached hydrogen (secondary N) is 1. The minimum absolute atomic E-state index is 0.0673. The molecule has 3 fully saturated rings. The Labute approximate surface area is 273 Å². The van der Waals surface area contributed by atoms with Crippen molar-refractivity contribution in [2.24, 2.45) is 23.7 Å². The van der Waals surface area contributed by atoms with Gasteiger partial charge in [-0.2, -0.15) is 9.91 Å². The molecule has 2 aliphatic heterocycles. The molecule has 46 heavy (non-hydrogen) atoms. The van der Waals surface area contributed by atoms with Crippen molar-refractivity contribution in [3.63, 3.8) is 0 Å². The lowest BCUT2D eigenvalue weighted by Gasteiger charge is -2.50. The molecule has 0 aromatic heterocycles. The van der Waals surface area contributed by atoms with Gasteiger partial charge in [0.1, 0.15) is 5.75 Å². The molecule has 2 heterocycles. The first kappa shape index (κ1) is 29.9. The van der Waals surface area contributed by atoms with Gasteiger partial charge >= 0.3 is 6.09 Å². The Balaban J connectivity index is 1.46. The zero-order valence-electron chi connectivity index (χ0n) is 25.0. The van der Waals surface area contributed by atoms with E-state index in [4.69, 9.17) is 4.74 Å². The van der Waals surface area contributed by atoms with Crippen molar-refractivity contribution in [3.05, 3.63) is 106 Å². The zero-order chi connectivity index (χ0) is 32.5. The van der Waals surface area contributed by atoms with Crippen LogP contribution in [0.15, 0.2) is 88.9 Å². The predicted octanol–water partition coefficient (Wildman–Crippen LogP) is 5.21. The van der Waals surface area contributed by atoms with E-state index in [1.807, 2.05) is 43.3 Å². The number of anilines is 1. The average Bonchev–Trinajstić information content (AvgIpc) is 3.44. The minimum Gasteiger partial charge on any atom is -0.508 e. The minimum atomic E-state index is -1.52. The highest BCUT2D eigenvalue weighted by Gasteiger charge is 2.71. The number of nitrogens with zero attached hydrogens (tertiary/aromatic N) is 2. The number of hydrogen-bond donors (Lipinski definition) is 2. The van der Waals surface area contributed by atoms with Crippen molar-refractivity contribution in [3.8, 4) is 5.75 Å². The number of imide groups is 4. The maximum atomic E-state index is 15.1. The summed E-state index contributed by atoms with van der Waals surface area (Å²) in [6.45, 7) is 1.93. The molecule has 7 rings (SSSR count). The second-order valence-corrected chi connectivity index (χ2v) is 13.2. The largest absolute Gasteiger partial charge is 0.508 e. The molecule has 2 aliphatic carbocycles.